The molecule has 0 radical (unpaired) electrons. The molecule has 0 heterocycles. The van der Waals surface area contributed by atoms with Crippen LogP contribution in [0.3, 0.4) is 0 Å². The van der Waals surface area contributed by atoms with Gasteiger partial charge in [0.1, 0.15) is 0 Å². The molecule has 2 bridgehead atoms. The van der Waals surface area contributed by atoms with Crippen molar-refractivity contribution in [1.29, 1.82) is 0 Å². The standard InChI is InChI=1S/C16H30N2O/c1-5-10(2)17-16(19)12(4)18-11(3)15-9-13-6-7-14(15)8-13/h10-15,18H,5-9H2,1-4H3,(H,17,19)/t10?,11?,12?,13-,14+,15?/m0/s1. The van der Waals surface area contributed by atoms with Gasteiger partial charge in [0.25, 0.3) is 0 Å². The van der Waals surface area contributed by atoms with Crippen molar-refractivity contribution in [3.8, 4) is 0 Å². The number of hydrogen-bond acceptors (Lipinski definition) is 2. The maximum absolute atomic E-state index is 12.0. The fourth-order valence-electron chi connectivity index (χ4n) is 3.97. The number of hydrogen-bond donors (Lipinski definition) is 2. The van der Waals surface area contributed by atoms with Crippen LogP contribution < -0.4 is 10.6 Å². The molecule has 0 aliphatic heterocycles. The van der Waals surface area contributed by atoms with Gasteiger partial charge in [-0.1, -0.05) is 13.3 Å². The van der Waals surface area contributed by atoms with Gasteiger partial charge in [-0.15, -0.1) is 0 Å². The second-order valence-electron chi connectivity index (χ2n) is 6.83. The summed E-state index contributed by atoms with van der Waals surface area (Å²) in [4.78, 5) is 12.0. The lowest BCUT2D eigenvalue weighted by atomic mass is 9.84. The largest absolute Gasteiger partial charge is 0.352 e. The molecule has 2 rings (SSSR count). The maximum Gasteiger partial charge on any atom is 0.237 e. The van der Waals surface area contributed by atoms with Gasteiger partial charge < -0.3 is 10.6 Å². The summed E-state index contributed by atoms with van der Waals surface area (Å²) in [6.07, 6.45) is 6.65. The predicted molar refractivity (Wildman–Crippen MR) is 78.9 cm³/mol. The second-order valence-corrected chi connectivity index (χ2v) is 6.83. The SMILES string of the molecule is CCC(C)NC(=O)C(C)NC(C)C1C[C@H]2CC[C@@H]1C2. The fourth-order valence-corrected chi connectivity index (χ4v) is 3.97. The minimum absolute atomic E-state index is 0.0804. The van der Waals surface area contributed by atoms with Gasteiger partial charge in [-0.3, -0.25) is 4.79 Å². The van der Waals surface area contributed by atoms with E-state index in [0.717, 1.165) is 24.2 Å². The van der Waals surface area contributed by atoms with E-state index in [1.165, 1.54) is 25.7 Å². The smallest absolute Gasteiger partial charge is 0.237 e. The van der Waals surface area contributed by atoms with Crippen LogP contribution in [0.25, 0.3) is 0 Å². The highest BCUT2D eigenvalue weighted by Crippen LogP contribution is 2.49. The molecule has 2 fully saturated rings. The molecule has 3 heteroatoms. The summed E-state index contributed by atoms with van der Waals surface area (Å²) >= 11 is 0. The van der Waals surface area contributed by atoms with Gasteiger partial charge >= 0.3 is 0 Å². The lowest BCUT2D eigenvalue weighted by Gasteiger charge is -2.31. The van der Waals surface area contributed by atoms with Crippen LogP contribution in [0.5, 0.6) is 0 Å². The van der Waals surface area contributed by atoms with E-state index in [9.17, 15) is 4.79 Å². The minimum Gasteiger partial charge on any atom is -0.352 e. The van der Waals surface area contributed by atoms with E-state index in [2.05, 4.69) is 31.4 Å². The van der Waals surface area contributed by atoms with E-state index in [1.807, 2.05) is 6.92 Å². The highest BCUT2D eigenvalue weighted by atomic mass is 16.2. The molecule has 0 aromatic rings. The summed E-state index contributed by atoms with van der Waals surface area (Å²) < 4.78 is 0. The molecule has 2 aliphatic rings. The molecule has 6 atom stereocenters. The first-order valence-electron chi connectivity index (χ1n) is 8.07. The Kier molecular flexibility index (Phi) is 4.88. The Morgan fingerprint density at radius 1 is 1.21 bits per heavy atom. The van der Waals surface area contributed by atoms with Gasteiger partial charge in [0.15, 0.2) is 0 Å². The fraction of sp³-hybridized carbons (Fsp3) is 0.938. The molecule has 1 amide bonds. The van der Waals surface area contributed by atoms with Crippen molar-refractivity contribution in [3.63, 3.8) is 0 Å². The molecule has 0 aromatic carbocycles. The van der Waals surface area contributed by atoms with E-state index in [0.29, 0.717) is 6.04 Å². The van der Waals surface area contributed by atoms with Crippen molar-refractivity contribution in [2.24, 2.45) is 17.8 Å². The molecule has 2 N–H and O–H groups in total. The van der Waals surface area contributed by atoms with Gasteiger partial charge in [-0.05, 0) is 64.2 Å². The molecule has 3 nitrogen and oxygen atoms in total. The third-order valence-electron chi connectivity index (χ3n) is 5.34. The summed E-state index contributed by atoms with van der Waals surface area (Å²) in [5, 5.41) is 6.58. The Labute approximate surface area is 117 Å². The van der Waals surface area contributed by atoms with Crippen LogP contribution in [0.2, 0.25) is 0 Å². The minimum atomic E-state index is -0.0804. The third-order valence-corrected chi connectivity index (χ3v) is 5.34. The van der Waals surface area contributed by atoms with Crippen molar-refractivity contribution in [1.82, 2.24) is 10.6 Å². The van der Waals surface area contributed by atoms with E-state index < -0.39 is 0 Å². The van der Waals surface area contributed by atoms with E-state index in [-0.39, 0.29) is 18.0 Å². The lowest BCUT2D eigenvalue weighted by Crippen LogP contribution is -2.50. The van der Waals surface area contributed by atoms with Crippen LogP contribution in [0, 0.1) is 17.8 Å². The second kappa shape index (κ2) is 6.25. The van der Waals surface area contributed by atoms with Gasteiger partial charge in [0.2, 0.25) is 5.91 Å². The van der Waals surface area contributed by atoms with Crippen molar-refractivity contribution in [2.75, 3.05) is 0 Å². The average molecular weight is 266 g/mol. The Hall–Kier alpha value is -0.570. The predicted octanol–water partition coefficient (Wildman–Crippen LogP) is 2.70. The average Bonchev–Trinajstić information content (AvgIpc) is 3.00. The third kappa shape index (κ3) is 3.50. The Balaban J connectivity index is 1.78. The van der Waals surface area contributed by atoms with Crippen LogP contribution in [0.4, 0.5) is 0 Å². The number of nitrogens with one attached hydrogen (secondary N) is 2. The molecule has 0 aromatic heterocycles. The molecule has 19 heavy (non-hydrogen) atoms. The quantitative estimate of drug-likeness (QED) is 0.776. The van der Waals surface area contributed by atoms with E-state index in [1.54, 1.807) is 0 Å². The first-order chi connectivity index (χ1) is 9.01. The normalized spacial score (nSPS) is 34.0. The van der Waals surface area contributed by atoms with Gasteiger partial charge in [-0.25, -0.2) is 0 Å². The zero-order valence-electron chi connectivity index (χ0n) is 12.9. The summed E-state index contributed by atoms with van der Waals surface area (Å²) in [5.74, 6) is 2.82. The van der Waals surface area contributed by atoms with Crippen LogP contribution >= 0.6 is 0 Å². The van der Waals surface area contributed by atoms with Crippen molar-refractivity contribution >= 4 is 5.91 Å². The lowest BCUT2D eigenvalue weighted by molar-refractivity contribution is -0.123. The topological polar surface area (TPSA) is 41.1 Å². The van der Waals surface area contributed by atoms with Crippen LogP contribution in [0.15, 0.2) is 0 Å². The van der Waals surface area contributed by atoms with E-state index in [4.69, 9.17) is 0 Å². The molecule has 0 saturated heterocycles. The van der Waals surface area contributed by atoms with Gasteiger partial charge in [0, 0.05) is 12.1 Å². The summed E-state index contributed by atoms with van der Waals surface area (Å²) in [7, 11) is 0. The molecule has 2 aliphatic carbocycles. The number of fused-ring (bicyclic) bond motifs is 2. The number of carbonyl (C=O) groups is 1. The Morgan fingerprint density at radius 3 is 2.47 bits per heavy atom. The number of rotatable bonds is 6. The van der Waals surface area contributed by atoms with Crippen molar-refractivity contribution in [3.05, 3.63) is 0 Å². The first kappa shape index (κ1) is 14.8. The number of carbonyl (C=O) groups excluding carboxylic acids is 1. The van der Waals surface area contributed by atoms with Crippen LogP contribution in [0.1, 0.15) is 59.8 Å². The first-order valence-corrected chi connectivity index (χ1v) is 8.07. The highest BCUT2D eigenvalue weighted by Gasteiger charge is 2.42. The summed E-state index contributed by atoms with van der Waals surface area (Å²) in [6.45, 7) is 8.41. The molecule has 0 spiro atoms. The van der Waals surface area contributed by atoms with Gasteiger partial charge in [0.05, 0.1) is 6.04 Å². The van der Waals surface area contributed by atoms with Crippen LogP contribution in [-0.2, 0) is 4.79 Å². The molecule has 110 valence electrons. The zero-order chi connectivity index (χ0) is 14.0. The molecule has 2 saturated carbocycles. The summed E-state index contributed by atoms with van der Waals surface area (Å²) in [5.41, 5.74) is 0. The van der Waals surface area contributed by atoms with Crippen LogP contribution in [-0.4, -0.2) is 24.0 Å². The monoisotopic (exact) mass is 266 g/mol. The Morgan fingerprint density at radius 2 is 1.95 bits per heavy atom. The van der Waals surface area contributed by atoms with Crippen molar-refractivity contribution in [2.45, 2.75) is 77.9 Å². The zero-order valence-corrected chi connectivity index (χ0v) is 12.9. The Bertz CT molecular complexity index is 318. The maximum atomic E-state index is 12.0. The highest BCUT2D eigenvalue weighted by molar-refractivity contribution is 5.81. The van der Waals surface area contributed by atoms with Gasteiger partial charge in [-0.2, -0.15) is 0 Å². The number of amides is 1. The molecular weight excluding hydrogens is 236 g/mol. The summed E-state index contributed by atoms with van der Waals surface area (Å²) in [6, 6.07) is 0.658. The molecule has 4 unspecified atom stereocenters. The molecular formula is C16H30N2O. The van der Waals surface area contributed by atoms with E-state index >= 15 is 0 Å². The van der Waals surface area contributed by atoms with Crippen molar-refractivity contribution < 1.29 is 4.79 Å².